The molecule has 0 aromatic carbocycles. The summed E-state index contributed by atoms with van der Waals surface area (Å²) in [6.45, 7) is 16.0. The highest BCUT2D eigenvalue weighted by atomic mass is 15.3. The molecule has 0 spiro atoms. The number of rotatable bonds is 4. The fraction of sp³-hybridized carbons (Fsp3) is 0.500. The highest BCUT2D eigenvalue weighted by molar-refractivity contribution is 6.02. The average molecular weight is 433 g/mol. The topological polar surface area (TPSA) is 74.5 Å². The van der Waals surface area contributed by atoms with Gasteiger partial charge in [-0.2, -0.15) is 4.98 Å². The third-order valence-electron chi connectivity index (χ3n) is 6.62. The summed E-state index contributed by atoms with van der Waals surface area (Å²) in [7, 11) is 0. The van der Waals surface area contributed by atoms with E-state index in [4.69, 9.17) is 4.98 Å². The molecule has 0 amide bonds. The predicted molar refractivity (Wildman–Crippen MR) is 130 cm³/mol. The van der Waals surface area contributed by atoms with Gasteiger partial charge in [-0.15, -0.1) is 0 Å². The van der Waals surface area contributed by atoms with Gasteiger partial charge < -0.3 is 14.8 Å². The summed E-state index contributed by atoms with van der Waals surface area (Å²) < 4.78 is 2.28. The quantitative estimate of drug-likeness (QED) is 0.678. The van der Waals surface area contributed by atoms with Gasteiger partial charge in [0.1, 0.15) is 11.5 Å². The molecule has 1 saturated heterocycles. The van der Waals surface area contributed by atoms with Gasteiger partial charge in [-0.1, -0.05) is 0 Å². The van der Waals surface area contributed by atoms with Crippen LogP contribution in [0.1, 0.15) is 40.3 Å². The second-order valence-corrected chi connectivity index (χ2v) is 9.70. The molecule has 5 heterocycles. The van der Waals surface area contributed by atoms with Gasteiger partial charge in [0.05, 0.1) is 35.4 Å². The summed E-state index contributed by atoms with van der Waals surface area (Å²) in [6.07, 6.45) is 3.82. The van der Waals surface area contributed by atoms with Crippen LogP contribution in [0, 0.1) is 0 Å². The fourth-order valence-electron chi connectivity index (χ4n) is 4.65. The van der Waals surface area contributed by atoms with Crippen LogP contribution >= 0.6 is 0 Å². The number of nitrogens with zero attached hydrogens (tertiary/aromatic N) is 7. The minimum absolute atomic E-state index is 0.123. The summed E-state index contributed by atoms with van der Waals surface area (Å²) >= 11 is 0. The van der Waals surface area contributed by atoms with Crippen molar-refractivity contribution < 1.29 is 0 Å². The van der Waals surface area contributed by atoms with Crippen LogP contribution in [-0.2, 0) is 5.54 Å². The zero-order valence-electron chi connectivity index (χ0n) is 19.6. The fourth-order valence-corrected chi connectivity index (χ4v) is 4.65. The van der Waals surface area contributed by atoms with Gasteiger partial charge in [0, 0.05) is 43.8 Å². The Labute approximate surface area is 189 Å². The van der Waals surface area contributed by atoms with Crippen LogP contribution in [0.25, 0.3) is 11.0 Å². The number of nitrogens with one attached hydrogen (secondary N) is 1. The van der Waals surface area contributed by atoms with Crippen LogP contribution in [0.5, 0.6) is 0 Å². The summed E-state index contributed by atoms with van der Waals surface area (Å²) in [5, 5.41) is 4.31. The largest absolute Gasteiger partial charge is 0.368 e. The summed E-state index contributed by atoms with van der Waals surface area (Å²) in [5.41, 5.74) is 4.12. The van der Waals surface area contributed by atoms with Crippen LogP contribution in [0.15, 0.2) is 35.6 Å². The van der Waals surface area contributed by atoms with Crippen LogP contribution in [0.3, 0.4) is 0 Å². The Morgan fingerprint density at radius 2 is 1.81 bits per heavy atom. The lowest BCUT2D eigenvalue weighted by Gasteiger charge is -2.38. The van der Waals surface area contributed by atoms with Gasteiger partial charge >= 0.3 is 0 Å². The highest BCUT2D eigenvalue weighted by Gasteiger charge is 2.30. The molecule has 3 aromatic heterocycles. The Bertz CT molecular complexity index is 1150. The average Bonchev–Trinajstić information content (AvgIpc) is 3.18. The second kappa shape index (κ2) is 7.85. The summed E-state index contributed by atoms with van der Waals surface area (Å²) in [6, 6.07) is 6.87. The lowest BCUT2D eigenvalue weighted by molar-refractivity contribution is 0.209. The first kappa shape index (κ1) is 20.9. The van der Waals surface area contributed by atoms with Gasteiger partial charge in [0.25, 0.3) is 0 Å². The lowest BCUT2D eigenvalue weighted by Crippen LogP contribution is -2.48. The van der Waals surface area contributed by atoms with Crippen molar-refractivity contribution in [2.24, 2.45) is 4.99 Å². The van der Waals surface area contributed by atoms with Crippen LogP contribution < -0.4 is 10.2 Å². The number of aliphatic imine (C=N–C) groups is 1. The van der Waals surface area contributed by atoms with E-state index in [0.29, 0.717) is 12.0 Å². The van der Waals surface area contributed by atoms with E-state index in [0.717, 1.165) is 66.7 Å². The molecule has 0 radical (unpaired) electrons. The molecule has 3 aromatic rings. The van der Waals surface area contributed by atoms with E-state index in [-0.39, 0.29) is 5.54 Å². The maximum absolute atomic E-state index is 4.84. The Hall–Kier alpha value is -3.00. The molecule has 0 aliphatic carbocycles. The monoisotopic (exact) mass is 432 g/mol. The molecule has 2 aliphatic rings. The first-order chi connectivity index (χ1) is 15.3. The van der Waals surface area contributed by atoms with E-state index in [2.05, 4.69) is 81.4 Å². The molecular formula is C24H32N8. The molecule has 32 heavy (non-hydrogen) atoms. The zero-order valence-corrected chi connectivity index (χ0v) is 19.6. The molecule has 0 bridgehead atoms. The Kier molecular flexibility index (Phi) is 5.12. The number of hydrogen-bond acceptors (Lipinski definition) is 7. The van der Waals surface area contributed by atoms with Crippen molar-refractivity contribution >= 4 is 34.2 Å². The lowest BCUT2D eigenvalue weighted by atomic mass is 10.0. The van der Waals surface area contributed by atoms with Crippen molar-refractivity contribution in [2.45, 2.75) is 46.2 Å². The van der Waals surface area contributed by atoms with Gasteiger partial charge in [-0.3, -0.25) is 9.89 Å². The Morgan fingerprint density at radius 1 is 1.03 bits per heavy atom. The SMILES string of the molecule is CC1=NCC(C)(C)n2c1cc1cnc(Nc3ccc(N4CCN(C(C)C)CC4)cn3)nc12. The van der Waals surface area contributed by atoms with Crippen molar-refractivity contribution in [3.8, 4) is 0 Å². The maximum atomic E-state index is 4.84. The normalized spacial score (nSPS) is 18.7. The zero-order chi connectivity index (χ0) is 22.5. The van der Waals surface area contributed by atoms with Crippen molar-refractivity contribution in [1.29, 1.82) is 0 Å². The van der Waals surface area contributed by atoms with Gasteiger partial charge in [0.2, 0.25) is 5.95 Å². The Balaban J connectivity index is 1.35. The number of pyridine rings is 1. The molecule has 0 saturated carbocycles. The van der Waals surface area contributed by atoms with E-state index < -0.39 is 0 Å². The van der Waals surface area contributed by atoms with Crippen molar-refractivity contribution in [1.82, 2.24) is 24.4 Å². The standard InChI is InChI=1S/C24H32N8/c1-16(2)30-8-10-31(11-9-30)19-6-7-21(25-14-19)28-23-26-13-18-12-20-17(3)27-15-24(4,5)32(20)22(18)29-23/h6-7,12-14,16H,8-11,15H2,1-5H3,(H,25,26,28,29). The number of hydrogen-bond donors (Lipinski definition) is 1. The van der Waals surface area contributed by atoms with Crippen LogP contribution in [-0.4, -0.2) is 68.9 Å². The number of piperazine rings is 1. The van der Waals surface area contributed by atoms with Gasteiger partial charge in [-0.25, -0.2) is 9.97 Å². The molecule has 8 heteroatoms. The first-order valence-corrected chi connectivity index (χ1v) is 11.4. The molecule has 168 valence electrons. The third-order valence-corrected chi connectivity index (χ3v) is 6.62. The maximum Gasteiger partial charge on any atom is 0.230 e. The van der Waals surface area contributed by atoms with Gasteiger partial charge in [0.15, 0.2) is 0 Å². The number of anilines is 3. The van der Waals surface area contributed by atoms with Crippen molar-refractivity contribution in [3.63, 3.8) is 0 Å². The van der Waals surface area contributed by atoms with Crippen LogP contribution in [0.4, 0.5) is 17.5 Å². The number of fused-ring (bicyclic) bond motifs is 3. The van der Waals surface area contributed by atoms with Crippen molar-refractivity contribution in [2.75, 3.05) is 42.9 Å². The summed E-state index contributed by atoms with van der Waals surface area (Å²) in [5.74, 6) is 1.30. The number of aromatic nitrogens is 4. The minimum atomic E-state index is -0.123. The van der Waals surface area contributed by atoms with E-state index >= 15 is 0 Å². The molecule has 8 nitrogen and oxygen atoms in total. The molecule has 0 unspecified atom stereocenters. The first-order valence-electron chi connectivity index (χ1n) is 11.4. The van der Waals surface area contributed by atoms with Gasteiger partial charge in [-0.05, 0) is 52.8 Å². The smallest absolute Gasteiger partial charge is 0.230 e. The molecule has 1 fully saturated rings. The van der Waals surface area contributed by atoms with E-state index in [9.17, 15) is 0 Å². The van der Waals surface area contributed by atoms with E-state index in [1.165, 1.54) is 0 Å². The Morgan fingerprint density at radius 3 is 2.50 bits per heavy atom. The third kappa shape index (κ3) is 3.72. The molecule has 1 N–H and O–H groups in total. The minimum Gasteiger partial charge on any atom is -0.368 e. The molecule has 2 aliphatic heterocycles. The van der Waals surface area contributed by atoms with Crippen molar-refractivity contribution in [3.05, 3.63) is 36.3 Å². The summed E-state index contributed by atoms with van der Waals surface area (Å²) in [4.78, 5) is 23.6. The molecule has 5 rings (SSSR count). The highest BCUT2D eigenvalue weighted by Crippen LogP contribution is 2.31. The molecular weight excluding hydrogens is 400 g/mol. The van der Waals surface area contributed by atoms with Crippen LogP contribution in [0.2, 0.25) is 0 Å². The van der Waals surface area contributed by atoms with E-state index in [1.54, 1.807) is 0 Å². The molecule has 0 atom stereocenters. The van der Waals surface area contributed by atoms with E-state index in [1.807, 2.05) is 18.5 Å². The second-order valence-electron chi connectivity index (χ2n) is 9.70. The predicted octanol–water partition coefficient (Wildman–Crippen LogP) is 3.66.